The summed E-state index contributed by atoms with van der Waals surface area (Å²) in [6.45, 7) is 3.35. The zero-order valence-electron chi connectivity index (χ0n) is 24.9. The molecule has 0 unspecified atom stereocenters. The number of carboxylic acids is 1. The summed E-state index contributed by atoms with van der Waals surface area (Å²) in [5.74, 6) is -2.86. The van der Waals surface area contributed by atoms with Crippen LogP contribution in [0.3, 0.4) is 0 Å². The van der Waals surface area contributed by atoms with Crippen LogP contribution in [0.5, 0.6) is 0 Å². The number of likely N-dealkylation sites (tertiary alicyclic amines) is 1. The number of imide groups is 1. The molecule has 45 heavy (non-hydrogen) atoms. The van der Waals surface area contributed by atoms with Crippen LogP contribution in [-0.2, 0) is 42.2 Å². The molecule has 11 heteroatoms. The second-order valence-corrected chi connectivity index (χ2v) is 11.0. The molecule has 2 aliphatic rings. The fourth-order valence-electron chi connectivity index (χ4n) is 5.81. The molecule has 0 spiro atoms. The predicted octanol–water partition coefficient (Wildman–Crippen LogP) is 5.30. The summed E-state index contributed by atoms with van der Waals surface area (Å²) >= 11 is 0. The summed E-state index contributed by atoms with van der Waals surface area (Å²) in [4.78, 5) is 59.0. The van der Waals surface area contributed by atoms with Gasteiger partial charge in [-0.1, -0.05) is 84.9 Å². The topological polar surface area (TPSA) is 131 Å². The van der Waals surface area contributed by atoms with Crippen molar-refractivity contribution >= 4 is 35.3 Å². The number of para-hydroxylation sites is 1. The van der Waals surface area contributed by atoms with Gasteiger partial charge in [0, 0.05) is 41.1 Å². The Kier molecular flexibility index (Phi) is 11.6. The molecule has 238 valence electrons. The molecule has 0 bridgehead atoms. The van der Waals surface area contributed by atoms with Crippen molar-refractivity contribution in [2.24, 2.45) is 4.99 Å². The second-order valence-electron chi connectivity index (χ2n) is 11.0. The first-order valence-electron chi connectivity index (χ1n) is 14.7. The molecule has 3 atom stereocenters. The molecule has 2 saturated heterocycles. The van der Waals surface area contributed by atoms with Gasteiger partial charge in [-0.25, -0.2) is 14.5 Å². The first-order valence-corrected chi connectivity index (χ1v) is 14.7. The van der Waals surface area contributed by atoms with Crippen molar-refractivity contribution in [3.63, 3.8) is 0 Å². The third-order valence-corrected chi connectivity index (χ3v) is 8.05. The summed E-state index contributed by atoms with van der Waals surface area (Å²) in [6.07, 6.45) is 0.618. The minimum atomic E-state index is -1.35. The SMILES string of the molecule is CC(=N[C@H](C(=O)O)[C@H](CC(=O)N1CCOC1=O)c1ccccc1)c1ccccc1[N-]C(=O)[C@@H]1CCCN1Cc1ccccc1.[Ni]. The van der Waals surface area contributed by atoms with Crippen LogP contribution in [0.15, 0.2) is 89.9 Å². The van der Waals surface area contributed by atoms with E-state index in [2.05, 4.69) is 15.2 Å². The molecule has 2 aliphatic heterocycles. The van der Waals surface area contributed by atoms with Crippen molar-refractivity contribution < 1.29 is 45.5 Å². The van der Waals surface area contributed by atoms with Crippen molar-refractivity contribution in [3.8, 4) is 0 Å². The van der Waals surface area contributed by atoms with Gasteiger partial charge < -0.3 is 20.0 Å². The normalized spacial score (nSPS) is 18.1. The Labute approximate surface area is 272 Å². The van der Waals surface area contributed by atoms with Gasteiger partial charge in [-0.2, -0.15) is 0 Å². The maximum absolute atomic E-state index is 13.5. The van der Waals surface area contributed by atoms with E-state index < -0.39 is 29.9 Å². The van der Waals surface area contributed by atoms with Crippen molar-refractivity contribution in [2.45, 2.75) is 50.7 Å². The standard InChI is InChI=1S/C34H36N4O6.Ni/c1-23(35-31(33(41)42)27(25-13-6-3-7-14-25)21-30(39)38-19-20-44-34(38)43)26-15-8-9-16-28(26)36-32(40)29-17-10-18-37(29)22-24-11-4-2-5-12-24;/h2-9,11-16,27,29,31H,10,17-22H2,1H3,(H2,35,36,40,41,42);/p-1/t27-,29+,31+;/m1./s1. The van der Waals surface area contributed by atoms with Crippen LogP contribution in [-0.4, -0.2) is 76.3 Å². The summed E-state index contributed by atoms with van der Waals surface area (Å²) in [5, 5.41) is 14.8. The summed E-state index contributed by atoms with van der Waals surface area (Å²) in [6, 6.07) is 24.1. The number of carboxylic acid groups (broad SMARTS) is 1. The first-order chi connectivity index (χ1) is 21.3. The molecule has 5 rings (SSSR count). The largest absolute Gasteiger partial charge is 0.625 e. The number of aliphatic imine (C=N–C) groups is 1. The zero-order chi connectivity index (χ0) is 31.1. The van der Waals surface area contributed by atoms with Crippen molar-refractivity contribution in [1.82, 2.24) is 9.80 Å². The number of cyclic esters (lactones) is 1. The van der Waals surface area contributed by atoms with E-state index in [0.717, 1.165) is 23.4 Å². The van der Waals surface area contributed by atoms with E-state index in [1.54, 1.807) is 61.5 Å². The van der Waals surface area contributed by atoms with Gasteiger partial charge in [0.1, 0.15) is 6.61 Å². The molecule has 0 aromatic heterocycles. The Bertz CT molecular complexity index is 1530. The molecule has 0 radical (unpaired) electrons. The number of rotatable bonds is 11. The van der Waals surface area contributed by atoms with Crippen molar-refractivity contribution in [3.05, 3.63) is 107 Å². The average molecular weight is 654 g/mol. The van der Waals surface area contributed by atoms with Crippen LogP contribution in [0.25, 0.3) is 5.32 Å². The van der Waals surface area contributed by atoms with Crippen LogP contribution in [0.1, 0.15) is 48.8 Å². The Hall–Kier alpha value is -4.34. The number of carbonyl (C=O) groups is 4. The van der Waals surface area contributed by atoms with Gasteiger partial charge in [0.25, 0.3) is 0 Å². The predicted molar refractivity (Wildman–Crippen MR) is 165 cm³/mol. The van der Waals surface area contributed by atoms with Crippen molar-refractivity contribution in [1.29, 1.82) is 0 Å². The zero-order valence-corrected chi connectivity index (χ0v) is 25.8. The van der Waals surface area contributed by atoms with Gasteiger partial charge in [0.05, 0.1) is 18.5 Å². The Morgan fingerprint density at radius 1 is 0.978 bits per heavy atom. The van der Waals surface area contributed by atoms with Gasteiger partial charge in [-0.05, 0) is 43.0 Å². The van der Waals surface area contributed by atoms with E-state index in [1.807, 2.05) is 30.3 Å². The summed E-state index contributed by atoms with van der Waals surface area (Å²) in [5.41, 5.74) is 3.03. The van der Waals surface area contributed by atoms with Gasteiger partial charge in [-0.3, -0.25) is 14.7 Å². The quantitative estimate of drug-likeness (QED) is 0.220. The van der Waals surface area contributed by atoms with E-state index in [4.69, 9.17) is 4.74 Å². The van der Waals surface area contributed by atoms with Gasteiger partial charge in [0.2, 0.25) is 5.91 Å². The third kappa shape index (κ3) is 8.23. The van der Waals surface area contributed by atoms with E-state index in [0.29, 0.717) is 35.5 Å². The number of carbonyl (C=O) groups excluding carboxylic acids is 3. The molecule has 3 aromatic carbocycles. The fourth-order valence-corrected chi connectivity index (χ4v) is 5.81. The van der Waals surface area contributed by atoms with Crippen LogP contribution < -0.4 is 0 Å². The molecule has 0 aliphatic carbocycles. The second kappa shape index (κ2) is 15.6. The summed E-state index contributed by atoms with van der Waals surface area (Å²) in [7, 11) is 0. The molecule has 1 N–H and O–H groups in total. The molecular formula is C34H35N4NiO6-. The van der Waals surface area contributed by atoms with Gasteiger partial charge >= 0.3 is 12.1 Å². The maximum Gasteiger partial charge on any atom is 0.416 e. The monoisotopic (exact) mass is 653 g/mol. The molecule has 2 heterocycles. The van der Waals surface area contributed by atoms with E-state index in [-0.39, 0.29) is 48.0 Å². The van der Waals surface area contributed by atoms with E-state index in [9.17, 15) is 24.3 Å². The number of amides is 3. The third-order valence-electron chi connectivity index (χ3n) is 8.05. The number of nitrogens with zero attached hydrogens (tertiary/aromatic N) is 4. The first kappa shape index (κ1) is 33.6. The fraction of sp³-hybridized carbons (Fsp3) is 0.324. The van der Waals surface area contributed by atoms with Crippen LogP contribution in [0.2, 0.25) is 0 Å². The number of hydrogen-bond donors (Lipinski definition) is 1. The van der Waals surface area contributed by atoms with E-state index >= 15 is 0 Å². The minimum absolute atomic E-state index is 0. The molecule has 3 amide bonds. The van der Waals surface area contributed by atoms with Crippen LogP contribution >= 0.6 is 0 Å². The van der Waals surface area contributed by atoms with Crippen LogP contribution in [0.4, 0.5) is 10.5 Å². The smallest absolute Gasteiger partial charge is 0.416 e. The Morgan fingerprint density at radius 3 is 2.31 bits per heavy atom. The molecule has 10 nitrogen and oxygen atoms in total. The van der Waals surface area contributed by atoms with Crippen molar-refractivity contribution in [2.75, 3.05) is 19.7 Å². The number of benzene rings is 3. The maximum atomic E-state index is 13.5. The van der Waals surface area contributed by atoms with Crippen LogP contribution in [0, 0.1) is 0 Å². The summed E-state index contributed by atoms with van der Waals surface area (Å²) < 4.78 is 4.90. The number of aliphatic carboxylic acids is 1. The Balaban J connectivity index is 0.00000461. The van der Waals surface area contributed by atoms with Gasteiger partial charge in [-0.15, -0.1) is 5.69 Å². The van der Waals surface area contributed by atoms with E-state index in [1.165, 1.54) is 0 Å². The Morgan fingerprint density at radius 2 is 1.64 bits per heavy atom. The average Bonchev–Trinajstić information content (AvgIpc) is 3.68. The number of hydrogen-bond acceptors (Lipinski definition) is 7. The molecule has 0 saturated carbocycles. The minimum Gasteiger partial charge on any atom is -0.625 e. The molecule has 3 aromatic rings. The molecule has 2 fully saturated rings. The molecular weight excluding hydrogens is 619 g/mol. The number of ether oxygens (including phenoxy) is 1. The van der Waals surface area contributed by atoms with Gasteiger partial charge in [0.15, 0.2) is 6.04 Å².